The van der Waals surface area contributed by atoms with Crippen molar-refractivity contribution in [3.8, 4) is 0 Å². The molecule has 0 aromatic heterocycles. The van der Waals surface area contributed by atoms with Crippen molar-refractivity contribution in [2.24, 2.45) is 0 Å². The Hall–Kier alpha value is -0.320. The number of nitrogens with one attached hydrogen (secondary N) is 1. The summed E-state index contributed by atoms with van der Waals surface area (Å²) in [5, 5.41) is 2.11. The van der Waals surface area contributed by atoms with E-state index in [0.717, 1.165) is 0 Å². The summed E-state index contributed by atoms with van der Waals surface area (Å²) in [6.45, 7) is 0.255. The van der Waals surface area contributed by atoms with Gasteiger partial charge in [-0.3, -0.25) is 0 Å². The molecule has 1 aliphatic heterocycles. The van der Waals surface area contributed by atoms with E-state index in [0.29, 0.717) is 6.42 Å². The third-order valence-electron chi connectivity index (χ3n) is 1.74. The van der Waals surface area contributed by atoms with Crippen molar-refractivity contribution in [1.82, 2.24) is 5.32 Å². The fourth-order valence-electron chi connectivity index (χ4n) is 1.17. The van der Waals surface area contributed by atoms with E-state index < -0.39 is 18.4 Å². The molecule has 0 radical (unpaired) electrons. The van der Waals surface area contributed by atoms with Gasteiger partial charge in [0.25, 0.3) is 0 Å². The highest BCUT2D eigenvalue weighted by Gasteiger charge is 2.45. The third kappa shape index (κ3) is 2.05. The number of hydrogen-bond acceptors (Lipinski definition) is 1. The average Bonchev–Trinajstić information content (AvgIpc) is 1.86. The van der Waals surface area contributed by atoms with E-state index in [1.807, 2.05) is 0 Å². The number of hydrogen-bond donors (Lipinski definition) is 1. The van der Waals surface area contributed by atoms with Gasteiger partial charge in [-0.25, -0.2) is 4.39 Å². The Balaban J connectivity index is 2.55. The molecule has 1 saturated heterocycles. The minimum Gasteiger partial charge on any atom is -0.304 e. The van der Waals surface area contributed by atoms with Crippen LogP contribution in [0.3, 0.4) is 0 Å². The zero-order chi connectivity index (χ0) is 8.48. The number of halogens is 4. The van der Waals surface area contributed by atoms with E-state index in [2.05, 4.69) is 5.32 Å². The lowest BCUT2D eigenvalue weighted by Crippen LogP contribution is -2.52. The highest BCUT2D eigenvalue weighted by Crippen LogP contribution is 2.27. The van der Waals surface area contributed by atoms with Gasteiger partial charge in [-0.15, -0.1) is 0 Å². The molecular weight excluding hydrogens is 162 g/mol. The minimum absolute atomic E-state index is 0.0111. The molecule has 0 unspecified atom stereocenters. The van der Waals surface area contributed by atoms with E-state index in [1.165, 1.54) is 0 Å². The maximum Gasteiger partial charge on any atom is 0.406 e. The molecule has 0 bridgehead atoms. The van der Waals surface area contributed by atoms with E-state index in [4.69, 9.17) is 0 Å². The van der Waals surface area contributed by atoms with Gasteiger partial charge in [0.05, 0.1) is 0 Å². The first kappa shape index (κ1) is 8.77. The summed E-state index contributed by atoms with van der Waals surface area (Å²) >= 11 is 0. The topological polar surface area (TPSA) is 12.0 Å². The fraction of sp³-hybridized carbons (Fsp3) is 1.00. The van der Waals surface area contributed by atoms with Crippen LogP contribution in [0, 0.1) is 0 Å². The standard InChI is InChI=1S/C6H9F4N/c7-4-2-1-3-11-5(4)6(8,9)10/h4-5,11H,1-3H2/t4-,5+/m1/s1. The summed E-state index contributed by atoms with van der Waals surface area (Å²) in [7, 11) is 0. The van der Waals surface area contributed by atoms with Crippen LogP contribution in [0.5, 0.6) is 0 Å². The van der Waals surface area contributed by atoms with Crippen molar-refractivity contribution in [1.29, 1.82) is 0 Å². The molecule has 0 spiro atoms. The zero-order valence-electron chi connectivity index (χ0n) is 5.79. The number of piperidine rings is 1. The van der Waals surface area contributed by atoms with Crippen molar-refractivity contribution in [2.75, 3.05) is 6.54 Å². The molecule has 1 fully saturated rings. The summed E-state index contributed by atoms with van der Waals surface area (Å²) in [5.41, 5.74) is 0. The molecule has 0 amide bonds. The Morgan fingerprint density at radius 1 is 1.27 bits per heavy atom. The van der Waals surface area contributed by atoms with Crippen molar-refractivity contribution in [3.05, 3.63) is 0 Å². The Morgan fingerprint density at radius 2 is 1.91 bits per heavy atom. The second-order valence-corrected chi connectivity index (χ2v) is 2.63. The first-order valence-electron chi connectivity index (χ1n) is 3.46. The molecule has 0 aromatic rings. The second kappa shape index (κ2) is 2.97. The van der Waals surface area contributed by atoms with Gasteiger partial charge >= 0.3 is 6.18 Å². The molecular formula is C6H9F4N. The largest absolute Gasteiger partial charge is 0.406 e. The van der Waals surface area contributed by atoms with Gasteiger partial charge in [0, 0.05) is 0 Å². The van der Waals surface area contributed by atoms with Gasteiger partial charge in [-0.05, 0) is 19.4 Å². The van der Waals surface area contributed by atoms with Crippen LogP contribution in [0.1, 0.15) is 12.8 Å². The van der Waals surface area contributed by atoms with E-state index in [1.54, 1.807) is 0 Å². The van der Waals surface area contributed by atoms with Gasteiger partial charge < -0.3 is 5.32 Å². The summed E-state index contributed by atoms with van der Waals surface area (Å²) in [4.78, 5) is 0. The fourth-order valence-corrected chi connectivity index (χ4v) is 1.17. The summed E-state index contributed by atoms with van der Waals surface area (Å²) in [5.74, 6) is 0. The van der Waals surface area contributed by atoms with Gasteiger partial charge in [0.15, 0.2) is 0 Å². The average molecular weight is 171 g/mol. The molecule has 1 heterocycles. The normalized spacial score (nSPS) is 33.8. The first-order chi connectivity index (χ1) is 5.02. The molecule has 0 saturated carbocycles. The van der Waals surface area contributed by atoms with Crippen LogP contribution in [0.4, 0.5) is 17.6 Å². The smallest absolute Gasteiger partial charge is 0.304 e. The van der Waals surface area contributed by atoms with Crippen molar-refractivity contribution in [3.63, 3.8) is 0 Å². The molecule has 1 N–H and O–H groups in total. The zero-order valence-corrected chi connectivity index (χ0v) is 5.79. The quantitative estimate of drug-likeness (QED) is 0.546. The van der Waals surface area contributed by atoms with E-state index in [9.17, 15) is 17.6 Å². The van der Waals surface area contributed by atoms with Crippen LogP contribution in [-0.2, 0) is 0 Å². The Labute approximate surface area is 61.8 Å². The monoisotopic (exact) mass is 171 g/mol. The molecule has 1 nitrogen and oxygen atoms in total. The summed E-state index contributed by atoms with van der Waals surface area (Å²) < 4.78 is 48.2. The Morgan fingerprint density at radius 3 is 2.27 bits per heavy atom. The number of rotatable bonds is 0. The molecule has 5 heteroatoms. The predicted octanol–water partition coefficient (Wildman–Crippen LogP) is 1.64. The summed E-state index contributed by atoms with van der Waals surface area (Å²) in [6.07, 6.45) is -5.73. The van der Waals surface area contributed by atoms with Crippen molar-refractivity contribution >= 4 is 0 Å². The molecule has 66 valence electrons. The van der Waals surface area contributed by atoms with Crippen molar-refractivity contribution < 1.29 is 17.6 Å². The lowest BCUT2D eigenvalue weighted by Gasteiger charge is -2.28. The Kier molecular flexibility index (Phi) is 2.37. The molecule has 2 atom stereocenters. The SMILES string of the molecule is F[C@@H]1CCCN[C@@H]1C(F)(F)F. The maximum atomic E-state index is 12.6. The molecule has 11 heavy (non-hydrogen) atoms. The lowest BCUT2D eigenvalue weighted by molar-refractivity contribution is -0.174. The molecule has 1 rings (SSSR count). The third-order valence-corrected chi connectivity index (χ3v) is 1.74. The van der Waals surface area contributed by atoms with E-state index in [-0.39, 0.29) is 13.0 Å². The predicted molar refractivity (Wildman–Crippen MR) is 32.0 cm³/mol. The summed E-state index contributed by atoms with van der Waals surface area (Å²) in [6, 6.07) is -1.95. The molecule has 1 aliphatic rings. The van der Waals surface area contributed by atoms with Crippen LogP contribution in [0.15, 0.2) is 0 Å². The van der Waals surface area contributed by atoms with E-state index >= 15 is 0 Å². The highest BCUT2D eigenvalue weighted by atomic mass is 19.4. The number of alkyl halides is 4. The van der Waals surface area contributed by atoms with Gasteiger partial charge in [0.2, 0.25) is 0 Å². The van der Waals surface area contributed by atoms with Crippen LogP contribution < -0.4 is 5.32 Å². The van der Waals surface area contributed by atoms with Crippen LogP contribution in [0.2, 0.25) is 0 Å². The first-order valence-corrected chi connectivity index (χ1v) is 3.46. The van der Waals surface area contributed by atoms with Crippen molar-refractivity contribution in [2.45, 2.75) is 31.2 Å². The lowest BCUT2D eigenvalue weighted by atomic mass is 10.0. The minimum atomic E-state index is -4.44. The van der Waals surface area contributed by atoms with Gasteiger partial charge in [0.1, 0.15) is 12.2 Å². The molecule has 0 aromatic carbocycles. The maximum absolute atomic E-state index is 12.6. The van der Waals surface area contributed by atoms with Crippen LogP contribution >= 0.6 is 0 Å². The highest BCUT2D eigenvalue weighted by molar-refractivity contribution is 4.86. The molecule has 0 aliphatic carbocycles. The Bertz CT molecular complexity index is 133. The van der Waals surface area contributed by atoms with Gasteiger partial charge in [-0.1, -0.05) is 0 Å². The van der Waals surface area contributed by atoms with Crippen LogP contribution in [-0.4, -0.2) is 24.9 Å². The second-order valence-electron chi connectivity index (χ2n) is 2.63. The van der Waals surface area contributed by atoms with Gasteiger partial charge in [-0.2, -0.15) is 13.2 Å². The van der Waals surface area contributed by atoms with Crippen LogP contribution in [0.25, 0.3) is 0 Å².